The minimum absolute atomic E-state index is 0.0458. The highest BCUT2D eigenvalue weighted by atomic mass is 32.2. The first-order chi connectivity index (χ1) is 9.57. The van der Waals surface area contributed by atoms with Crippen LogP contribution >= 0.6 is 24.4 Å². The van der Waals surface area contributed by atoms with Crippen LogP contribution in [-0.2, 0) is 16.6 Å². The fraction of sp³-hybridized carbons (Fsp3) is 0.667. The van der Waals surface area contributed by atoms with E-state index in [-0.39, 0.29) is 10.8 Å². The summed E-state index contributed by atoms with van der Waals surface area (Å²) < 4.78 is 0. The van der Waals surface area contributed by atoms with Crippen molar-refractivity contribution in [1.29, 1.82) is 0 Å². The van der Waals surface area contributed by atoms with Gasteiger partial charge in [0.05, 0.1) is 0 Å². The smallest absolute Gasteiger partial charge is 0.123 e. The number of hydrogen-bond acceptors (Lipinski definition) is 3. The third-order valence-corrected chi connectivity index (χ3v) is 4.93. The van der Waals surface area contributed by atoms with Crippen molar-refractivity contribution in [3.05, 3.63) is 28.8 Å². The SMILES string of the molecule is CC(C)(C)c1cc(CSCCCS)cc(C(C)(C)C)c1O. The molecule has 1 N–H and O–H groups in total. The first-order valence-corrected chi connectivity index (χ1v) is 9.41. The molecule has 1 nitrogen and oxygen atoms in total. The fourth-order valence-electron chi connectivity index (χ4n) is 2.28. The molecular weight excluding hydrogens is 296 g/mol. The number of aromatic hydroxyl groups is 1. The van der Waals surface area contributed by atoms with Gasteiger partial charge in [-0.3, -0.25) is 0 Å². The van der Waals surface area contributed by atoms with Gasteiger partial charge in [-0.1, -0.05) is 53.7 Å². The molecule has 21 heavy (non-hydrogen) atoms. The average molecular weight is 327 g/mol. The van der Waals surface area contributed by atoms with Gasteiger partial charge in [-0.15, -0.1) is 0 Å². The largest absolute Gasteiger partial charge is 0.507 e. The van der Waals surface area contributed by atoms with Gasteiger partial charge < -0.3 is 5.11 Å². The summed E-state index contributed by atoms with van der Waals surface area (Å²) in [6, 6.07) is 4.36. The molecule has 0 amide bonds. The molecule has 0 aliphatic rings. The molecule has 120 valence electrons. The van der Waals surface area contributed by atoms with E-state index in [4.69, 9.17) is 0 Å². The van der Waals surface area contributed by atoms with E-state index >= 15 is 0 Å². The lowest BCUT2D eigenvalue weighted by Gasteiger charge is -2.28. The van der Waals surface area contributed by atoms with Crippen LogP contribution in [0.2, 0.25) is 0 Å². The van der Waals surface area contributed by atoms with E-state index in [9.17, 15) is 5.11 Å². The predicted molar refractivity (Wildman–Crippen MR) is 100 cm³/mol. The first-order valence-electron chi connectivity index (χ1n) is 7.63. The maximum atomic E-state index is 10.7. The summed E-state index contributed by atoms with van der Waals surface area (Å²) in [6.45, 7) is 13.0. The standard InChI is InChI=1S/C18H30OS2/c1-17(2,3)14-10-13(12-21-9-7-8-20)11-15(16(14)19)18(4,5)6/h10-11,19-20H,7-9,12H2,1-6H3. The summed E-state index contributed by atoms with van der Waals surface area (Å²) >= 11 is 6.20. The minimum Gasteiger partial charge on any atom is -0.507 e. The summed E-state index contributed by atoms with van der Waals surface area (Å²) in [5, 5.41) is 10.7. The first kappa shape index (κ1) is 18.8. The van der Waals surface area contributed by atoms with Crippen molar-refractivity contribution >= 4 is 24.4 Å². The minimum atomic E-state index is -0.0458. The Balaban J connectivity index is 3.15. The van der Waals surface area contributed by atoms with Crippen LogP contribution in [0.25, 0.3) is 0 Å². The lowest BCUT2D eigenvalue weighted by molar-refractivity contribution is 0.423. The van der Waals surface area contributed by atoms with Crippen molar-refractivity contribution in [3.8, 4) is 5.75 Å². The molecular formula is C18H30OS2. The van der Waals surface area contributed by atoms with Crippen LogP contribution in [0, 0.1) is 0 Å². The van der Waals surface area contributed by atoms with Gasteiger partial charge in [0.1, 0.15) is 5.75 Å². The number of phenolic OH excluding ortho intramolecular Hbond substituents is 1. The predicted octanol–water partition coefficient (Wildman–Crippen LogP) is 5.54. The Hall–Kier alpha value is -0.280. The second kappa shape index (κ2) is 7.32. The van der Waals surface area contributed by atoms with Gasteiger partial charge >= 0.3 is 0 Å². The van der Waals surface area contributed by atoms with Crippen LogP contribution in [-0.4, -0.2) is 16.6 Å². The van der Waals surface area contributed by atoms with E-state index in [0.717, 1.165) is 34.8 Å². The average Bonchev–Trinajstić information content (AvgIpc) is 2.33. The molecule has 0 radical (unpaired) electrons. The summed E-state index contributed by atoms with van der Waals surface area (Å²) in [6.07, 6.45) is 1.14. The topological polar surface area (TPSA) is 20.2 Å². The Kier molecular flexibility index (Phi) is 6.54. The van der Waals surface area contributed by atoms with Gasteiger partial charge in [0.2, 0.25) is 0 Å². The zero-order chi connectivity index (χ0) is 16.3. The van der Waals surface area contributed by atoms with Crippen LogP contribution in [0.4, 0.5) is 0 Å². The van der Waals surface area contributed by atoms with Crippen LogP contribution < -0.4 is 0 Å². The monoisotopic (exact) mass is 326 g/mol. The molecule has 1 aromatic carbocycles. The fourth-order valence-corrected chi connectivity index (χ4v) is 3.54. The maximum Gasteiger partial charge on any atom is 0.123 e. The Morgan fingerprint density at radius 3 is 1.86 bits per heavy atom. The zero-order valence-electron chi connectivity index (χ0n) is 14.3. The van der Waals surface area contributed by atoms with Gasteiger partial charge in [0, 0.05) is 5.75 Å². The van der Waals surface area contributed by atoms with Crippen molar-refractivity contribution in [2.75, 3.05) is 11.5 Å². The molecule has 0 aliphatic heterocycles. The maximum absolute atomic E-state index is 10.7. The highest BCUT2D eigenvalue weighted by molar-refractivity contribution is 7.98. The summed E-state index contributed by atoms with van der Waals surface area (Å²) in [5.41, 5.74) is 3.33. The molecule has 3 heteroatoms. The van der Waals surface area contributed by atoms with Gasteiger partial charge in [0.25, 0.3) is 0 Å². The molecule has 0 aromatic heterocycles. The van der Waals surface area contributed by atoms with Crippen LogP contribution in [0.1, 0.15) is 64.7 Å². The zero-order valence-corrected chi connectivity index (χ0v) is 16.0. The highest BCUT2D eigenvalue weighted by Gasteiger charge is 2.26. The van der Waals surface area contributed by atoms with E-state index in [1.54, 1.807) is 0 Å². The van der Waals surface area contributed by atoms with Crippen molar-refractivity contribution in [2.45, 2.75) is 64.5 Å². The number of phenols is 1. The van der Waals surface area contributed by atoms with Gasteiger partial charge in [-0.05, 0) is 45.4 Å². The Morgan fingerprint density at radius 2 is 1.48 bits per heavy atom. The summed E-state index contributed by atoms with van der Waals surface area (Å²) in [7, 11) is 0. The normalized spacial score (nSPS) is 12.7. The Bertz CT molecular complexity index is 432. The highest BCUT2D eigenvalue weighted by Crippen LogP contribution is 2.40. The number of rotatable bonds is 5. The Labute approximate surface area is 140 Å². The molecule has 0 saturated carbocycles. The molecule has 0 heterocycles. The molecule has 0 fully saturated rings. The van der Waals surface area contributed by atoms with Crippen LogP contribution in [0.3, 0.4) is 0 Å². The van der Waals surface area contributed by atoms with Crippen LogP contribution in [0.5, 0.6) is 5.75 Å². The third-order valence-electron chi connectivity index (χ3n) is 3.50. The Morgan fingerprint density at radius 1 is 1.00 bits per heavy atom. The van der Waals surface area contributed by atoms with Crippen molar-refractivity contribution in [3.63, 3.8) is 0 Å². The number of benzene rings is 1. The van der Waals surface area contributed by atoms with E-state index in [0.29, 0.717) is 5.75 Å². The second-order valence-corrected chi connectivity index (χ2v) is 9.22. The number of thioether (sulfide) groups is 1. The van der Waals surface area contributed by atoms with Crippen molar-refractivity contribution in [1.82, 2.24) is 0 Å². The van der Waals surface area contributed by atoms with Crippen LogP contribution in [0.15, 0.2) is 12.1 Å². The second-order valence-electron chi connectivity index (χ2n) is 7.67. The van der Waals surface area contributed by atoms with E-state index < -0.39 is 0 Å². The molecule has 0 saturated heterocycles. The quantitative estimate of drug-likeness (QED) is 0.547. The molecule has 0 unspecified atom stereocenters. The molecule has 1 rings (SSSR count). The summed E-state index contributed by atoms with van der Waals surface area (Å²) in [4.78, 5) is 0. The van der Waals surface area contributed by atoms with Crippen molar-refractivity contribution < 1.29 is 5.11 Å². The lowest BCUT2D eigenvalue weighted by Crippen LogP contribution is -2.17. The number of hydrogen-bond donors (Lipinski definition) is 2. The molecule has 0 aliphatic carbocycles. The molecule has 0 atom stereocenters. The molecule has 0 spiro atoms. The van der Waals surface area contributed by atoms with Gasteiger partial charge in [0.15, 0.2) is 0 Å². The number of thiol groups is 1. The van der Waals surface area contributed by atoms with Gasteiger partial charge in [-0.25, -0.2) is 0 Å². The van der Waals surface area contributed by atoms with Crippen molar-refractivity contribution in [2.24, 2.45) is 0 Å². The summed E-state index contributed by atoms with van der Waals surface area (Å²) in [5.74, 6) is 3.56. The third kappa shape index (κ3) is 5.45. The van der Waals surface area contributed by atoms with E-state index in [1.165, 1.54) is 5.56 Å². The van der Waals surface area contributed by atoms with E-state index in [1.807, 2.05) is 11.8 Å². The van der Waals surface area contributed by atoms with Gasteiger partial charge in [-0.2, -0.15) is 24.4 Å². The molecule has 0 bridgehead atoms. The lowest BCUT2D eigenvalue weighted by atomic mass is 9.78. The van der Waals surface area contributed by atoms with E-state index in [2.05, 4.69) is 66.3 Å². The molecule has 1 aromatic rings.